The summed E-state index contributed by atoms with van der Waals surface area (Å²) >= 11 is 12.4. The third-order valence-corrected chi connectivity index (χ3v) is 8.73. The van der Waals surface area contributed by atoms with E-state index in [0.29, 0.717) is 28.4 Å². The predicted molar refractivity (Wildman–Crippen MR) is 149 cm³/mol. The lowest BCUT2D eigenvalue weighted by Gasteiger charge is -2.24. The maximum Gasteiger partial charge on any atom is 0.255 e. The van der Waals surface area contributed by atoms with Crippen LogP contribution in [0.4, 0.5) is 0 Å². The maximum absolute atomic E-state index is 13.6. The molecule has 0 spiro atoms. The molecule has 3 aromatic carbocycles. The Morgan fingerprint density at radius 1 is 1.00 bits per heavy atom. The number of hydrogen-bond donors (Lipinski definition) is 0. The van der Waals surface area contributed by atoms with Crippen LogP contribution in [0.25, 0.3) is 0 Å². The Kier molecular flexibility index (Phi) is 7.61. The number of aryl methyl sites for hydroxylation is 1. The summed E-state index contributed by atoms with van der Waals surface area (Å²) < 4.78 is 28.9. The molecule has 0 bridgehead atoms. The van der Waals surface area contributed by atoms with Gasteiger partial charge in [0, 0.05) is 11.1 Å². The molecule has 0 saturated heterocycles. The van der Waals surface area contributed by atoms with Crippen molar-refractivity contribution in [1.82, 2.24) is 14.5 Å². The van der Waals surface area contributed by atoms with Gasteiger partial charge in [0.25, 0.3) is 5.91 Å². The molecule has 4 aromatic rings. The maximum atomic E-state index is 13.6. The first-order chi connectivity index (χ1) is 18.2. The fourth-order valence-electron chi connectivity index (χ4n) is 4.41. The van der Waals surface area contributed by atoms with Crippen LogP contribution in [-0.2, 0) is 28.7 Å². The molecule has 1 aliphatic rings. The summed E-state index contributed by atoms with van der Waals surface area (Å²) in [7, 11) is -3.77. The van der Waals surface area contributed by atoms with E-state index in [4.69, 9.17) is 23.2 Å². The van der Waals surface area contributed by atoms with E-state index in [-0.39, 0.29) is 34.4 Å². The molecule has 0 radical (unpaired) electrons. The van der Waals surface area contributed by atoms with Gasteiger partial charge in [-0.2, -0.15) is 0 Å². The lowest BCUT2D eigenvalue weighted by molar-refractivity contribution is 0.0726. The Balaban J connectivity index is 1.51. The van der Waals surface area contributed by atoms with E-state index in [1.54, 1.807) is 33.9 Å². The van der Waals surface area contributed by atoms with Crippen molar-refractivity contribution in [1.29, 1.82) is 0 Å². The standard InChI is InChI=1S/C29H27Cl2N3O3S/c1-20-7-9-22(10-8-20)19-38(36,37)29-32-16-25(34(29)17-21-5-3-2-4-6-21)18-33(24-12-13-24)28(35)26-14-11-23(30)15-27(26)31/h2-11,14-16,24H,12-13,17-19H2,1H3. The van der Waals surface area contributed by atoms with Crippen molar-refractivity contribution in [3.63, 3.8) is 0 Å². The Bertz CT molecular complexity index is 1560. The normalized spacial score (nSPS) is 13.4. The van der Waals surface area contributed by atoms with Gasteiger partial charge in [-0.3, -0.25) is 4.79 Å². The summed E-state index contributed by atoms with van der Waals surface area (Å²) in [6, 6.07) is 21.9. The van der Waals surface area contributed by atoms with Crippen LogP contribution >= 0.6 is 23.2 Å². The molecular weight excluding hydrogens is 541 g/mol. The average molecular weight is 569 g/mol. The first-order valence-corrected chi connectivity index (χ1v) is 14.7. The van der Waals surface area contributed by atoms with Gasteiger partial charge in [0.05, 0.1) is 41.3 Å². The summed E-state index contributed by atoms with van der Waals surface area (Å²) in [6.07, 6.45) is 3.32. The summed E-state index contributed by atoms with van der Waals surface area (Å²) in [5.41, 5.74) is 3.69. The summed E-state index contributed by atoms with van der Waals surface area (Å²) in [5.74, 6) is -0.379. The Labute approximate surface area is 232 Å². The minimum atomic E-state index is -3.77. The molecule has 38 heavy (non-hydrogen) atoms. The zero-order valence-electron chi connectivity index (χ0n) is 20.8. The van der Waals surface area contributed by atoms with Crippen molar-refractivity contribution in [2.24, 2.45) is 0 Å². The average Bonchev–Trinajstić information content (AvgIpc) is 3.65. The number of carbonyl (C=O) groups is 1. The number of benzene rings is 3. The van der Waals surface area contributed by atoms with E-state index in [1.807, 2.05) is 61.5 Å². The molecule has 0 unspecified atom stereocenters. The van der Waals surface area contributed by atoms with Gasteiger partial charge in [-0.1, -0.05) is 83.4 Å². The van der Waals surface area contributed by atoms with Gasteiger partial charge in [-0.05, 0) is 49.1 Å². The van der Waals surface area contributed by atoms with Gasteiger partial charge in [0.2, 0.25) is 15.0 Å². The first-order valence-electron chi connectivity index (χ1n) is 12.3. The smallest absolute Gasteiger partial charge is 0.255 e. The van der Waals surface area contributed by atoms with Crippen LogP contribution in [0.1, 0.15) is 45.6 Å². The summed E-state index contributed by atoms with van der Waals surface area (Å²) in [6.45, 7) is 2.48. The number of halogens is 2. The van der Waals surface area contributed by atoms with E-state index in [1.165, 1.54) is 0 Å². The molecule has 0 aliphatic heterocycles. The van der Waals surface area contributed by atoms with E-state index in [2.05, 4.69) is 4.98 Å². The monoisotopic (exact) mass is 567 g/mol. The Hall–Kier alpha value is -3.13. The molecule has 5 rings (SSSR count). The highest BCUT2D eigenvalue weighted by atomic mass is 35.5. The Morgan fingerprint density at radius 3 is 2.37 bits per heavy atom. The lowest BCUT2D eigenvalue weighted by atomic mass is 10.2. The van der Waals surface area contributed by atoms with Crippen LogP contribution < -0.4 is 0 Å². The molecular formula is C29H27Cl2N3O3S. The van der Waals surface area contributed by atoms with Gasteiger partial charge < -0.3 is 9.47 Å². The number of amides is 1. The second-order valence-electron chi connectivity index (χ2n) is 9.64. The van der Waals surface area contributed by atoms with Crippen LogP contribution in [0.2, 0.25) is 10.0 Å². The second kappa shape index (κ2) is 10.9. The molecule has 0 atom stereocenters. The van der Waals surface area contributed by atoms with Gasteiger partial charge >= 0.3 is 0 Å². The highest BCUT2D eigenvalue weighted by Gasteiger charge is 2.35. The molecule has 6 nitrogen and oxygen atoms in total. The van der Waals surface area contributed by atoms with E-state index in [9.17, 15) is 13.2 Å². The lowest BCUT2D eigenvalue weighted by Crippen LogP contribution is -2.33. The number of carbonyl (C=O) groups excluding carboxylic acids is 1. The number of aromatic nitrogens is 2. The van der Waals surface area contributed by atoms with Gasteiger partial charge in [-0.15, -0.1) is 0 Å². The van der Waals surface area contributed by atoms with Crippen molar-refractivity contribution < 1.29 is 13.2 Å². The van der Waals surface area contributed by atoms with Crippen molar-refractivity contribution in [2.75, 3.05) is 0 Å². The van der Waals surface area contributed by atoms with E-state index >= 15 is 0 Å². The molecule has 9 heteroatoms. The minimum absolute atomic E-state index is 0.00958. The molecule has 1 heterocycles. The van der Waals surface area contributed by atoms with Crippen molar-refractivity contribution in [3.05, 3.63) is 117 Å². The molecule has 1 saturated carbocycles. The first kappa shape index (κ1) is 26.5. The topological polar surface area (TPSA) is 72.3 Å². The zero-order valence-corrected chi connectivity index (χ0v) is 23.2. The van der Waals surface area contributed by atoms with Crippen LogP contribution in [0, 0.1) is 6.92 Å². The predicted octanol–water partition coefficient (Wildman–Crippen LogP) is 6.33. The summed E-state index contributed by atoms with van der Waals surface area (Å²) in [5, 5.41) is 0.728. The largest absolute Gasteiger partial charge is 0.330 e. The van der Waals surface area contributed by atoms with Crippen LogP contribution in [0.5, 0.6) is 0 Å². The third kappa shape index (κ3) is 5.96. The molecule has 0 N–H and O–H groups in total. The second-order valence-corrected chi connectivity index (χ2v) is 12.4. The van der Waals surface area contributed by atoms with Crippen molar-refractivity contribution >= 4 is 38.9 Å². The van der Waals surface area contributed by atoms with Gasteiger partial charge in [0.1, 0.15) is 0 Å². The van der Waals surface area contributed by atoms with Crippen LogP contribution in [0.3, 0.4) is 0 Å². The Morgan fingerprint density at radius 2 is 1.71 bits per heavy atom. The molecule has 1 fully saturated rings. The van der Waals surface area contributed by atoms with Gasteiger partial charge in [0.15, 0.2) is 0 Å². The number of rotatable bonds is 9. The van der Waals surface area contributed by atoms with Crippen molar-refractivity contribution in [3.8, 4) is 0 Å². The molecule has 196 valence electrons. The number of sulfone groups is 1. The molecule has 1 aliphatic carbocycles. The highest BCUT2D eigenvalue weighted by Crippen LogP contribution is 2.32. The SMILES string of the molecule is Cc1ccc(CS(=O)(=O)c2ncc(CN(C(=O)c3ccc(Cl)cc3Cl)C3CC3)n2Cc2ccccc2)cc1. The van der Waals surface area contributed by atoms with Crippen molar-refractivity contribution in [2.45, 2.75) is 49.8 Å². The minimum Gasteiger partial charge on any atom is -0.330 e. The van der Waals surface area contributed by atoms with E-state index in [0.717, 1.165) is 24.0 Å². The number of hydrogen-bond acceptors (Lipinski definition) is 4. The van der Waals surface area contributed by atoms with Crippen LogP contribution in [0.15, 0.2) is 84.1 Å². The number of nitrogens with zero attached hydrogens (tertiary/aromatic N) is 3. The summed E-state index contributed by atoms with van der Waals surface area (Å²) in [4.78, 5) is 19.7. The van der Waals surface area contributed by atoms with Crippen LogP contribution in [-0.4, -0.2) is 34.8 Å². The fourth-order valence-corrected chi connectivity index (χ4v) is 6.40. The molecule has 1 aromatic heterocycles. The zero-order chi connectivity index (χ0) is 26.9. The van der Waals surface area contributed by atoms with Gasteiger partial charge in [-0.25, -0.2) is 13.4 Å². The third-order valence-electron chi connectivity index (χ3n) is 6.58. The number of imidazole rings is 1. The highest BCUT2D eigenvalue weighted by molar-refractivity contribution is 7.90. The molecule has 1 amide bonds. The fraction of sp³-hybridized carbons (Fsp3) is 0.241. The quantitative estimate of drug-likeness (QED) is 0.237. The van der Waals surface area contributed by atoms with E-state index < -0.39 is 9.84 Å².